The van der Waals surface area contributed by atoms with E-state index >= 15 is 0 Å². The first-order chi connectivity index (χ1) is 22.7. The molecule has 0 N–H and O–H groups in total. The predicted octanol–water partition coefficient (Wildman–Crippen LogP) is 11.9. The van der Waals surface area contributed by atoms with Gasteiger partial charge < -0.3 is 14.4 Å². The van der Waals surface area contributed by atoms with Gasteiger partial charge in [-0.1, -0.05) is 67.3 Å². The van der Waals surface area contributed by atoms with Crippen molar-refractivity contribution in [3.63, 3.8) is 0 Å². The minimum Gasteiger partial charge on any atom is -0.500 e. The van der Waals surface area contributed by atoms with Crippen molar-refractivity contribution in [2.45, 2.75) is 40.5 Å². The largest absolute Gasteiger partial charge is 0.500 e. The van der Waals surface area contributed by atoms with Crippen molar-refractivity contribution in [2.75, 3.05) is 0 Å². The van der Waals surface area contributed by atoms with Gasteiger partial charge in [-0.25, -0.2) is 0 Å². The van der Waals surface area contributed by atoms with Gasteiger partial charge in [0.15, 0.2) is 0 Å². The summed E-state index contributed by atoms with van der Waals surface area (Å²) in [5, 5.41) is 3.34. The van der Waals surface area contributed by atoms with Crippen molar-refractivity contribution >= 4 is 43.4 Å². The molecule has 3 nitrogen and oxygen atoms in total. The van der Waals surface area contributed by atoms with Crippen LogP contribution in [0.25, 0.3) is 65.7 Å². The van der Waals surface area contributed by atoms with Crippen LogP contribution in [-0.2, 0) is 20.1 Å². The van der Waals surface area contributed by atoms with Crippen LogP contribution in [0.2, 0.25) is 0 Å². The Balaban J connectivity index is 0.000000260. The van der Waals surface area contributed by atoms with Crippen molar-refractivity contribution in [2.24, 2.45) is 0 Å². The molecule has 1 radical (unpaired) electrons. The van der Waals surface area contributed by atoms with Gasteiger partial charge in [0.05, 0.1) is 5.58 Å². The molecule has 0 fully saturated rings. The summed E-state index contributed by atoms with van der Waals surface area (Å²) in [6.07, 6.45) is 3.65. The molecule has 0 aliphatic carbocycles. The van der Waals surface area contributed by atoms with E-state index in [1.54, 1.807) is 17.5 Å². The van der Waals surface area contributed by atoms with Gasteiger partial charge in [0.2, 0.25) is 0 Å². The third-order valence-electron chi connectivity index (χ3n) is 8.32. The van der Waals surface area contributed by atoms with E-state index in [0.717, 1.165) is 61.0 Å². The molecule has 0 saturated heterocycles. The minimum atomic E-state index is -0.785. The number of hydrogen-bond acceptors (Lipinski definition) is 4. The quantitative estimate of drug-likeness (QED) is 0.166. The fraction of sp³-hybridized carbons (Fsp3) is 0.143. The third-order valence-corrected chi connectivity index (χ3v) is 9.33. The van der Waals surface area contributed by atoms with Crippen molar-refractivity contribution in [1.29, 1.82) is 0 Å². The molecule has 4 aromatic carbocycles. The molecule has 4 aromatic heterocycles. The zero-order valence-corrected chi connectivity index (χ0v) is 30.1. The Morgan fingerprint density at radius 3 is 2.26 bits per heavy atom. The predicted molar refractivity (Wildman–Crippen MR) is 193 cm³/mol. The summed E-state index contributed by atoms with van der Waals surface area (Å²) in [5.74, 6) is -0.785. The normalized spacial score (nSPS) is 11.6. The van der Waals surface area contributed by atoms with E-state index in [0.29, 0.717) is 0 Å². The number of hydrogen-bond donors (Lipinski definition) is 0. The van der Waals surface area contributed by atoms with Crippen molar-refractivity contribution < 1.29 is 25.9 Å². The molecule has 0 bridgehead atoms. The summed E-state index contributed by atoms with van der Waals surface area (Å²) in [4.78, 5) is 10.3. The van der Waals surface area contributed by atoms with Gasteiger partial charge in [-0.05, 0) is 84.1 Å². The molecule has 0 atom stereocenters. The average Bonchev–Trinajstić information content (AvgIpc) is 3.65. The first-order valence-corrected chi connectivity index (χ1v) is 16.2. The van der Waals surface area contributed by atoms with Crippen LogP contribution in [-0.4, -0.2) is 9.97 Å². The molecular formula is C42H34IrN2OS-2. The summed E-state index contributed by atoms with van der Waals surface area (Å²) in [5.41, 5.74) is 10.9. The van der Waals surface area contributed by atoms with E-state index in [2.05, 4.69) is 86.4 Å². The number of fused-ring (bicyclic) bond motifs is 5. The van der Waals surface area contributed by atoms with E-state index in [-0.39, 0.29) is 20.1 Å². The molecule has 0 spiro atoms. The van der Waals surface area contributed by atoms with Crippen LogP contribution in [0.15, 0.2) is 114 Å². The SMILES string of the molecule is [2H]C(C)(C)c1cnc(-c2[c-]ccc3c2oc2c4cc(C)sc4ccc32)cc1-c1c(C)cccc1C.[Ir].[c-]1ccccc1-c1ccccn1. The first-order valence-electron chi connectivity index (χ1n) is 15.9. The Hall–Kier alpha value is -4.41. The number of furan rings is 1. The topological polar surface area (TPSA) is 38.9 Å². The average molecular weight is 808 g/mol. The van der Waals surface area contributed by atoms with Crippen LogP contribution in [0.3, 0.4) is 0 Å². The Morgan fingerprint density at radius 2 is 1.53 bits per heavy atom. The second-order valence-electron chi connectivity index (χ2n) is 11.8. The van der Waals surface area contributed by atoms with E-state index in [1.165, 1.54) is 26.3 Å². The second-order valence-corrected chi connectivity index (χ2v) is 13.1. The second kappa shape index (κ2) is 13.8. The number of pyridine rings is 2. The van der Waals surface area contributed by atoms with Gasteiger partial charge >= 0.3 is 0 Å². The van der Waals surface area contributed by atoms with Crippen LogP contribution in [0.1, 0.15) is 42.7 Å². The van der Waals surface area contributed by atoms with E-state index in [1.807, 2.05) is 68.6 Å². The molecule has 0 saturated carbocycles. The van der Waals surface area contributed by atoms with Gasteiger partial charge in [0, 0.05) is 54.2 Å². The van der Waals surface area contributed by atoms with Gasteiger partial charge in [-0.2, -0.15) is 0 Å². The number of thiophene rings is 1. The standard InChI is InChI=1S/C31H26NOS.C11H8N.Ir/c1-17(2)26-16-32-27(15-24(26)29-18(3)8-6-9-19(29)4)23-11-7-10-21-22-12-13-28-25(14-20(5)34-28)31(22)33-30(21)23;1-2-6-10(7-3-1)11-8-4-5-9-12-11;/h6-10,12-17H,1-5H3;1-6,8-9H;/q2*-1;/i17D;;. The molecule has 47 heavy (non-hydrogen) atoms. The van der Waals surface area contributed by atoms with Crippen LogP contribution in [0.4, 0.5) is 0 Å². The molecule has 0 aliphatic rings. The molecule has 0 aliphatic heterocycles. The van der Waals surface area contributed by atoms with Crippen molar-refractivity contribution in [3.8, 4) is 33.6 Å². The van der Waals surface area contributed by atoms with Gasteiger partial charge in [0.25, 0.3) is 0 Å². The molecular weight excluding hydrogens is 773 g/mol. The van der Waals surface area contributed by atoms with E-state index in [9.17, 15) is 0 Å². The number of aromatic nitrogens is 2. The Morgan fingerprint density at radius 1 is 0.745 bits per heavy atom. The van der Waals surface area contributed by atoms with Crippen LogP contribution < -0.4 is 0 Å². The number of nitrogens with zero attached hydrogens (tertiary/aromatic N) is 2. The van der Waals surface area contributed by atoms with Gasteiger partial charge in [0.1, 0.15) is 5.58 Å². The van der Waals surface area contributed by atoms with Gasteiger partial charge in [-0.3, -0.25) is 0 Å². The maximum absolute atomic E-state index is 8.80. The zero-order chi connectivity index (χ0) is 32.7. The van der Waals surface area contributed by atoms with Crippen molar-refractivity contribution in [3.05, 3.63) is 143 Å². The smallest absolute Gasteiger partial charge is 0.129 e. The first kappa shape index (κ1) is 31.2. The van der Waals surface area contributed by atoms with Crippen LogP contribution in [0.5, 0.6) is 0 Å². The monoisotopic (exact) mass is 808 g/mol. The van der Waals surface area contributed by atoms with Crippen LogP contribution in [0, 0.1) is 32.9 Å². The summed E-state index contributed by atoms with van der Waals surface area (Å²) < 4.78 is 16.6. The molecule has 4 heterocycles. The molecule has 8 aromatic rings. The Bertz CT molecular complexity index is 2320. The maximum Gasteiger partial charge on any atom is 0.129 e. The minimum absolute atomic E-state index is 0. The van der Waals surface area contributed by atoms with Gasteiger partial charge in [-0.15, -0.1) is 65.4 Å². The van der Waals surface area contributed by atoms with E-state index < -0.39 is 5.89 Å². The number of aryl methyl sites for hydroxylation is 3. The number of rotatable bonds is 4. The zero-order valence-electron chi connectivity index (χ0n) is 27.9. The fourth-order valence-electron chi connectivity index (χ4n) is 6.14. The molecule has 5 heteroatoms. The molecule has 235 valence electrons. The number of benzene rings is 4. The summed E-state index contributed by atoms with van der Waals surface area (Å²) >= 11 is 1.79. The third kappa shape index (κ3) is 6.32. The van der Waals surface area contributed by atoms with Crippen LogP contribution >= 0.6 is 11.3 Å². The fourth-order valence-corrected chi connectivity index (χ4v) is 7.06. The summed E-state index contributed by atoms with van der Waals surface area (Å²) in [6.45, 7) is 10.2. The van der Waals surface area contributed by atoms with E-state index in [4.69, 9.17) is 10.8 Å². The maximum atomic E-state index is 8.80. The molecule has 0 unspecified atom stereocenters. The van der Waals surface area contributed by atoms with Crippen molar-refractivity contribution in [1.82, 2.24) is 9.97 Å². The Kier molecular flexibility index (Phi) is 9.13. The summed E-state index contributed by atoms with van der Waals surface area (Å²) in [7, 11) is 0. The molecule has 8 rings (SSSR count). The summed E-state index contributed by atoms with van der Waals surface area (Å²) in [6, 6.07) is 39.3. The Labute approximate surface area is 295 Å². The molecule has 0 amide bonds.